The van der Waals surface area contributed by atoms with Crippen molar-refractivity contribution in [3.63, 3.8) is 0 Å². The van der Waals surface area contributed by atoms with Crippen LogP contribution < -0.4 is 0 Å². The summed E-state index contributed by atoms with van der Waals surface area (Å²) in [6.07, 6.45) is 3.57. The van der Waals surface area contributed by atoms with Crippen LogP contribution in [0.3, 0.4) is 0 Å². The maximum absolute atomic E-state index is 13.2. The first kappa shape index (κ1) is 18.3. The Labute approximate surface area is 149 Å². The van der Waals surface area contributed by atoms with E-state index in [2.05, 4.69) is 16.7 Å². The third-order valence-corrected chi connectivity index (χ3v) is 5.78. The number of halogens is 1. The number of hydrogen-bond donors (Lipinski definition) is 0. The van der Waals surface area contributed by atoms with Crippen LogP contribution in [0.2, 0.25) is 0 Å². The van der Waals surface area contributed by atoms with Gasteiger partial charge in [-0.25, -0.2) is 4.39 Å². The van der Waals surface area contributed by atoms with Gasteiger partial charge >= 0.3 is 0 Å². The smallest absolute Gasteiger partial charge is 0.228 e. The quantitative estimate of drug-likeness (QED) is 0.838. The Kier molecular flexibility index (Phi) is 6.07. The summed E-state index contributed by atoms with van der Waals surface area (Å²) in [5.41, 5.74) is 0.903. The SMILES string of the molecule is CCC1(C(=O)N2CCCN(Cc3ccc(F)cc3)CC2)CCOCC1. The predicted octanol–water partition coefficient (Wildman–Crippen LogP) is 3.07. The number of carbonyl (C=O) groups is 1. The number of amides is 1. The van der Waals surface area contributed by atoms with Crippen molar-refractivity contribution < 1.29 is 13.9 Å². The van der Waals surface area contributed by atoms with E-state index < -0.39 is 0 Å². The molecular weight excluding hydrogens is 319 g/mol. The van der Waals surface area contributed by atoms with Crippen molar-refractivity contribution in [3.8, 4) is 0 Å². The first-order chi connectivity index (χ1) is 12.1. The lowest BCUT2D eigenvalue weighted by Crippen LogP contribution is -2.47. The highest BCUT2D eigenvalue weighted by molar-refractivity contribution is 5.82. The van der Waals surface area contributed by atoms with Gasteiger partial charge in [0.05, 0.1) is 5.41 Å². The molecule has 0 N–H and O–H groups in total. The minimum atomic E-state index is -0.218. The normalized spacial score (nSPS) is 21.8. The molecule has 1 aromatic rings. The maximum Gasteiger partial charge on any atom is 0.228 e. The largest absolute Gasteiger partial charge is 0.381 e. The van der Waals surface area contributed by atoms with Crippen molar-refractivity contribution in [1.82, 2.24) is 9.80 Å². The molecule has 0 aromatic heterocycles. The molecule has 2 aliphatic rings. The average Bonchev–Trinajstić information content (AvgIpc) is 2.89. The van der Waals surface area contributed by atoms with E-state index in [-0.39, 0.29) is 11.2 Å². The summed E-state index contributed by atoms with van der Waals surface area (Å²) < 4.78 is 18.5. The lowest BCUT2D eigenvalue weighted by atomic mass is 9.76. The minimum absolute atomic E-state index is 0.197. The van der Waals surface area contributed by atoms with E-state index in [1.165, 1.54) is 12.1 Å². The van der Waals surface area contributed by atoms with Crippen LogP contribution in [0.4, 0.5) is 4.39 Å². The van der Waals surface area contributed by atoms with Crippen LogP contribution in [0.5, 0.6) is 0 Å². The Morgan fingerprint density at radius 3 is 2.52 bits per heavy atom. The molecule has 5 heteroatoms. The van der Waals surface area contributed by atoms with Crippen molar-refractivity contribution >= 4 is 5.91 Å². The third-order valence-electron chi connectivity index (χ3n) is 5.78. The van der Waals surface area contributed by atoms with Crippen molar-refractivity contribution in [1.29, 1.82) is 0 Å². The van der Waals surface area contributed by atoms with Crippen molar-refractivity contribution in [3.05, 3.63) is 35.6 Å². The van der Waals surface area contributed by atoms with Gasteiger partial charge in [0.2, 0.25) is 5.91 Å². The highest BCUT2D eigenvalue weighted by Gasteiger charge is 2.41. The Balaban J connectivity index is 1.59. The van der Waals surface area contributed by atoms with Gasteiger partial charge in [-0.1, -0.05) is 19.1 Å². The Hall–Kier alpha value is -1.46. The molecule has 2 saturated heterocycles. The van der Waals surface area contributed by atoms with E-state index in [4.69, 9.17) is 4.74 Å². The number of rotatable bonds is 4. The monoisotopic (exact) mass is 348 g/mol. The van der Waals surface area contributed by atoms with E-state index in [0.717, 1.165) is 64.0 Å². The van der Waals surface area contributed by atoms with Gasteiger partial charge in [0.15, 0.2) is 0 Å². The van der Waals surface area contributed by atoms with Crippen LogP contribution in [-0.4, -0.2) is 55.1 Å². The van der Waals surface area contributed by atoms with Gasteiger partial charge in [-0.3, -0.25) is 9.69 Å². The van der Waals surface area contributed by atoms with Crippen LogP contribution in [0.25, 0.3) is 0 Å². The molecule has 2 aliphatic heterocycles. The molecule has 0 bridgehead atoms. The van der Waals surface area contributed by atoms with Gasteiger partial charge in [0, 0.05) is 45.9 Å². The zero-order valence-corrected chi connectivity index (χ0v) is 15.2. The number of hydrogen-bond acceptors (Lipinski definition) is 3. The lowest BCUT2D eigenvalue weighted by molar-refractivity contribution is -0.148. The zero-order valence-electron chi connectivity index (χ0n) is 15.2. The zero-order chi connectivity index (χ0) is 17.7. The third kappa shape index (κ3) is 4.39. The Morgan fingerprint density at radius 1 is 1.12 bits per heavy atom. The fraction of sp³-hybridized carbons (Fsp3) is 0.650. The van der Waals surface area contributed by atoms with Crippen LogP contribution >= 0.6 is 0 Å². The Bertz CT molecular complexity index is 570. The summed E-state index contributed by atoms with van der Waals surface area (Å²) in [7, 11) is 0. The summed E-state index contributed by atoms with van der Waals surface area (Å²) in [5.74, 6) is 0.125. The molecular formula is C20H29FN2O2. The Morgan fingerprint density at radius 2 is 1.84 bits per heavy atom. The molecule has 0 saturated carbocycles. The van der Waals surface area contributed by atoms with Crippen molar-refractivity contribution in [2.75, 3.05) is 39.4 Å². The molecule has 0 aliphatic carbocycles. The van der Waals surface area contributed by atoms with Gasteiger partial charge < -0.3 is 9.64 Å². The molecule has 1 amide bonds. The number of carbonyl (C=O) groups excluding carboxylic acids is 1. The molecule has 0 spiro atoms. The topological polar surface area (TPSA) is 32.8 Å². The summed E-state index contributed by atoms with van der Waals surface area (Å²) >= 11 is 0. The highest BCUT2D eigenvalue weighted by atomic mass is 19.1. The first-order valence-corrected chi connectivity index (χ1v) is 9.47. The minimum Gasteiger partial charge on any atom is -0.381 e. The fourth-order valence-corrected chi connectivity index (χ4v) is 4.00. The molecule has 0 radical (unpaired) electrons. The fourth-order valence-electron chi connectivity index (χ4n) is 4.00. The first-order valence-electron chi connectivity index (χ1n) is 9.47. The summed E-state index contributed by atoms with van der Waals surface area (Å²) in [6, 6.07) is 6.72. The van der Waals surface area contributed by atoms with E-state index >= 15 is 0 Å². The molecule has 3 rings (SSSR count). The summed E-state index contributed by atoms with van der Waals surface area (Å²) in [4.78, 5) is 17.6. The van der Waals surface area contributed by atoms with E-state index in [1.807, 2.05) is 12.1 Å². The van der Waals surface area contributed by atoms with E-state index in [0.29, 0.717) is 19.1 Å². The van der Waals surface area contributed by atoms with Crippen molar-refractivity contribution in [2.45, 2.75) is 39.2 Å². The molecule has 0 unspecified atom stereocenters. The molecule has 0 atom stereocenters. The maximum atomic E-state index is 13.2. The van der Waals surface area contributed by atoms with Gasteiger partial charge in [0.25, 0.3) is 0 Å². The molecule has 138 valence electrons. The van der Waals surface area contributed by atoms with Crippen LogP contribution in [-0.2, 0) is 16.1 Å². The second-order valence-corrected chi connectivity index (χ2v) is 7.29. The van der Waals surface area contributed by atoms with Gasteiger partial charge in [0.1, 0.15) is 5.82 Å². The number of ether oxygens (including phenoxy) is 1. The lowest BCUT2D eigenvalue weighted by Gasteiger charge is -2.39. The number of nitrogens with zero attached hydrogens (tertiary/aromatic N) is 2. The summed E-state index contributed by atoms with van der Waals surface area (Å²) in [6.45, 7) is 7.80. The standard InChI is InChI=1S/C20H29FN2O2/c1-2-20(8-14-25-15-9-20)19(24)23-11-3-10-22(12-13-23)16-17-4-6-18(21)7-5-17/h4-7H,2-3,8-16H2,1H3. The second kappa shape index (κ2) is 8.28. The van der Waals surface area contributed by atoms with Crippen molar-refractivity contribution in [2.24, 2.45) is 5.41 Å². The number of benzene rings is 1. The summed E-state index contributed by atoms with van der Waals surface area (Å²) in [5, 5.41) is 0. The van der Waals surface area contributed by atoms with Crippen LogP contribution in [0.15, 0.2) is 24.3 Å². The average molecular weight is 348 g/mol. The molecule has 2 fully saturated rings. The molecule has 2 heterocycles. The van der Waals surface area contributed by atoms with Crippen LogP contribution in [0, 0.1) is 11.2 Å². The van der Waals surface area contributed by atoms with E-state index in [9.17, 15) is 9.18 Å². The molecule has 1 aromatic carbocycles. The predicted molar refractivity (Wildman–Crippen MR) is 95.7 cm³/mol. The van der Waals surface area contributed by atoms with Gasteiger partial charge in [-0.2, -0.15) is 0 Å². The van der Waals surface area contributed by atoms with E-state index in [1.54, 1.807) is 0 Å². The van der Waals surface area contributed by atoms with Crippen LogP contribution in [0.1, 0.15) is 38.2 Å². The second-order valence-electron chi connectivity index (χ2n) is 7.29. The van der Waals surface area contributed by atoms with Gasteiger partial charge in [-0.05, 0) is 43.4 Å². The molecule has 4 nitrogen and oxygen atoms in total. The highest BCUT2D eigenvalue weighted by Crippen LogP contribution is 2.36. The van der Waals surface area contributed by atoms with Gasteiger partial charge in [-0.15, -0.1) is 0 Å². The molecule has 25 heavy (non-hydrogen) atoms.